The van der Waals surface area contributed by atoms with E-state index >= 15 is 28.8 Å². The van der Waals surface area contributed by atoms with Crippen LogP contribution in [0, 0.1) is 0 Å². The lowest BCUT2D eigenvalue weighted by atomic mass is 9.74. The van der Waals surface area contributed by atoms with Crippen molar-refractivity contribution in [1.29, 1.82) is 0 Å². The van der Waals surface area contributed by atoms with Crippen LogP contribution in [0.15, 0.2) is 84.4 Å². The molecule has 4 bridgehead atoms. The Kier molecular flexibility index (Phi) is 21.3. The zero-order valence-electron chi connectivity index (χ0n) is 66.0. The van der Waals surface area contributed by atoms with Crippen molar-refractivity contribution in [2.24, 2.45) is 0 Å². The van der Waals surface area contributed by atoms with Crippen molar-refractivity contribution in [1.82, 2.24) is 0 Å². The first kappa shape index (κ1) is 89.9. The maximum Gasteiger partial charge on any atom is 0.344 e. The van der Waals surface area contributed by atoms with E-state index in [2.05, 4.69) is 0 Å². The van der Waals surface area contributed by atoms with Gasteiger partial charge in [0.25, 0.3) is 11.6 Å². The number of phenols is 25. The molecule has 2 unspecified atom stereocenters. The summed E-state index contributed by atoms with van der Waals surface area (Å²) in [6.07, 6.45) is -28.6. The van der Waals surface area contributed by atoms with Gasteiger partial charge in [0.1, 0.15) is 31.0 Å². The molecule has 53 nitrogen and oxygen atoms in total. The third-order valence-corrected chi connectivity index (χ3v) is 21.9. The molecule has 2 saturated heterocycles. The first-order valence-electron chi connectivity index (χ1n) is 37.6. The van der Waals surface area contributed by atoms with E-state index in [9.17, 15) is 167 Å². The number of carbonyl (C=O) groups excluding carboxylic acids is 11. The van der Waals surface area contributed by atoms with Gasteiger partial charge in [-0.1, -0.05) is 0 Å². The number of fused-ring (bicyclic) bond motifs is 7. The minimum Gasteiger partial charge on any atom is -0.504 e. The average molecular weight is 1890 g/mol. The van der Waals surface area contributed by atoms with Crippen LogP contribution in [-0.2, 0) is 66.4 Å². The fraction of sp³-hybridized carbons (Fsp3) is 0.183. The Morgan fingerprint density at radius 3 is 1.16 bits per heavy atom. The topological polar surface area (TPSA) is 883 Å². The van der Waals surface area contributed by atoms with E-state index in [1.165, 1.54) is 0 Å². The first-order chi connectivity index (χ1) is 63.4. The summed E-state index contributed by atoms with van der Waals surface area (Å²) in [6.45, 7) is -3.32. The van der Waals surface area contributed by atoms with E-state index in [1.807, 2.05) is 0 Å². The molecule has 6 aliphatic heterocycles. The number of hydrogen-bond acceptors (Lipinski definition) is 53. The Morgan fingerprint density at radius 1 is 0.326 bits per heavy atom. The predicted molar refractivity (Wildman–Crippen MR) is 411 cm³/mol. The van der Waals surface area contributed by atoms with E-state index in [-0.39, 0.29) is 30.3 Å². The van der Waals surface area contributed by atoms with Crippen molar-refractivity contribution < 1.29 is 262 Å². The lowest BCUT2D eigenvalue weighted by Crippen LogP contribution is -2.66. The molecule has 9 aromatic carbocycles. The molecular formula is C82H56O53. The first-order valence-corrected chi connectivity index (χ1v) is 37.6. The molecule has 7 aliphatic rings. The van der Waals surface area contributed by atoms with Crippen LogP contribution in [0.4, 0.5) is 0 Å². The number of benzene rings is 9. The molecule has 702 valence electrons. The monoisotopic (exact) mass is 1890 g/mol. The second kappa shape index (κ2) is 32.0. The molecule has 2 fully saturated rings. The van der Waals surface area contributed by atoms with Gasteiger partial charge in [-0.25, -0.2) is 47.9 Å². The number of carbonyl (C=O) groups is 11. The van der Waals surface area contributed by atoms with Crippen LogP contribution < -0.4 is 9.47 Å². The summed E-state index contributed by atoms with van der Waals surface area (Å²) in [6, 6.07) is 3.51. The highest BCUT2D eigenvalue weighted by Crippen LogP contribution is 2.62. The molecular weight excluding hydrogens is 1830 g/mol. The normalized spacial score (nSPS) is 22.5. The number of rotatable bonds is 10. The highest BCUT2D eigenvalue weighted by Gasteiger charge is 2.71. The number of ketones is 1. The lowest BCUT2D eigenvalue weighted by molar-refractivity contribution is -0.323. The summed E-state index contributed by atoms with van der Waals surface area (Å²) in [4.78, 5) is 164. The Balaban J connectivity index is 0.832. The van der Waals surface area contributed by atoms with Gasteiger partial charge in [0.15, 0.2) is 145 Å². The molecule has 0 amide bonds. The Bertz CT molecular complexity index is 6790. The van der Waals surface area contributed by atoms with E-state index in [4.69, 9.17) is 66.3 Å². The van der Waals surface area contributed by atoms with E-state index in [0.717, 1.165) is 0 Å². The maximum absolute atomic E-state index is 15.5. The van der Waals surface area contributed by atoms with Crippen molar-refractivity contribution >= 4 is 65.5 Å². The summed E-state index contributed by atoms with van der Waals surface area (Å²) in [5.41, 5.74) is -19.6. The van der Waals surface area contributed by atoms with Crippen molar-refractivity contribution in [2.75, 3.05) is 13.2 Å². The number of esters is 10. The van der Waals surface area contributed by atoms with Crippen LogP contribution in [0.25, 0.3) is 22.3 Å². The van der Waals surface area contributed by atoms with Crippen LogP contribution >= 0.6 is 0 Å². The summed E-state index contributed by atoms with van der Waals surface area (Å²) in [7, 11) is 0. The van der Waals surface area contributed by atoms with Crippen molar-refractivity contribution in [2.45, 2.75) is 78.9 Å². The Morgan fingerprint density at radius 2 is 0.681 bits per heavy atom. The molecule has 0 spiro atoms. The minimum absolute atomic E-state index is 0.0651. The van der Waals surface area contributed by atoms with Gasteiger partial charge in [0.2, 0.25) is 70.8 Å². The number of ether oxygens (including phenoxy) is 14. The highest BCUT2D eigenvalue weighted by molar-refractivity contribution is 6.12. The van der Waals surface area contributed by atoms with Crippen molar-refractivity contribution in [3.63, 3.8) is 0 Å². The van der Waals surface area contributed by atoms with Crippen molar-refractivity contribution in [3.05, 3.63) is 140 Å². The smallest absolute Gasteiger partial charge is 0.344 e. The number of cyclic esters (lactones) is 2. The number of phenolic OH excluding ortho intramolecular Hbond substituents is 25. The zero-order valence-corrected chi connectivity index (χ0v) is 66.0. The van der Waals surface area contributed by atoms with Crippen LogP contribution in [0.3, 0.4) is 0 Å². The summed E-state index contributed by atoms with van der Waals surface area (Å²) in [5.74, 6) is -76.2. The van der Waals surface area contributed by atoms with Crippen LogP contribution in [0.5, 0.6) is 161 Å². The largest absolute Gasteiger partial charge is 0.504 e. The quantitative estimate of drug-likeness (QED) is 0.0392. The van der Waals surface area contributed by atoms with E-state index < -0.39 is 402 Å². The van der Waals surface area contributed by atoms with Crippen LogP contribution in [0.2, 0.25) is 0 Å². The molecule has 6 heterocycles. The molecule has 28 N–H and O–H groups in total. The molecule has 0 saturated carbocycles. The predicted octanol–water partition coefficient (Wildman–Crippen LogP) is 0.965. The molecule has 0 aromatic heterocycles. The molecule has 53 heteroatoms. The van der Waals surface area contributed by atoms with Gasteiger partial charge >= 0.3 is 59.7 Å². The summed E-state index contributed by atoms with van der Waals surface area (Å²) < 4.78 is 80.1. The van der Waals surface area contributed by atoms with Gasteiger partial charge in [-0.2, -0.15) is 0 Å². The fourth-order valence-electron chi connectivity index (χ4n) is 15.4. The van der Waals surface area contributed by atoms with Gasteiger partial charge in [-0.15, -0.1) is 0 Å². The van der Waals surface area contributed by atoms with E-state index in [1.54, 1.807) is 0 Å². The second-order valence-corrected chi connectivity index (χ2v) is 29.9. The third-order valence-electron chi connectivity index (χ3n) is 21.9. The fourth-order valence-corrected chi connectivity index (χ4v) is 15.4. The Labute approximate surface area is 740 Å². The highest BCUT2D eigenvalue weighted by atomic mass is 16.8. The number of hydrogen-bond donors (Lipinski definition) is 28. The molecule has 135 heavy (non-hydrogen) atoms. The molecule has 9 aromatic rings. The number of aromatic hydroxyl groups is 25. The van der Waals surface area contributed by atoms with Crippen LogP contribution in [0.1, 0.15) is 105 Å². The van der Waals surface area contributed by atoms with Gasteiger partial charge in [0, 0.05) is 39.9 Å². The molecule has 0 radical (unpaired) electrons. The van der Waals surface area contributed by atoms with Gasteiger partial charge < -0.3 is 209 Å². The average Bonchev–Trinajstić information content (AvgIpc) is 1.53. The molecule has 16 rings (SSSR count). The molecule has 12 atom stereocenters. The standard InChI is InChI=1S/C82H56O53/c83-26-1-16(2-27(84)47(26)95)69(109)129-65-62-38(14-122-72(112)19-7-32(89)50(98)56(104)41(19)42-20(74(114)127-62)8-33(90)51(99)57(42)105)126-80(67(65)131-70(110)17-3-28(85)48(96)29(86)4-17)134-78(118)25-11-35(92)53(101)60(108)61(25)124-37-12-23-44(59(107)55(37)103)43-21(9-34(91)52(100)58(43)106)75(115)130-66-63-39(15-123-73(23)113)125-79(133-71(111)18-5-30(87)49(97)31(88)6-18)68(66)132-76(116)22-10-36(93)54(102)64-45(22)46-24(77(117)128-63)13-40(94)81(119,120)82(46,121)135-64/h1-13,38-39,46,62-63,65-68,79-80,83-93,95-108,119-121H,14-15H2/t38-,39-,46?,62-,63-,65+,66-,67-,68+,79+,80+,82?/m1/s1. The summed E-state index contributed by atoms with van der Waals surface area (Å²) in [5, 5.41) is 310. The molecule has 1 aliphatic carbocycles. The third kappa shape index (κ3) is 14.4. The zero-order chi connectivity index (χ0) is 98.0. The van der Waals surface area contributed by atoms with E-state index in [0.29, 0.717) is 48.5 Å². The van der Waals surface area contributed by atoms with Gasteiger partial charge in [-0.05, 0) is 66.7 Å². The Hall–Kier alpha value is -18.5. The summed E-state index contributed by atoms with van der Waals surface area (Å²) >= 11 is 0. The maximum atomic E-state index is 15.5. The van der Waals surface area contributed by atoms with Gasteiger partial charge in [-0.3, -0.25) is 4.79 Å². The minimum atomic E-state index is -4.23. The SMILES string of the molecule is O=C1O[C@H]2[C@H]3OC(=O)c4cc(O)c(O)c(O)c4-c4c(cc(Oc5c(C(=O)O[C@@H]6O[C@@H]7COC(=O)c8cc(O)c(O)c(O)c8-c8c(cc(O)c(O)c8O)C(=O)O[C@H]7[C@H](OC(=O)c7cc(O)c(O)c(O)c7)[C@H]6OC(=O)c6cc(O)c(O)c(O)c6)cc(O)c(O)c5O)c(O)c4O)C(=O)OC[C@H]2O[C@@H](OC(=O)c2cc(O)c(O)c(O)c2)[C@H]3OC(=O)c2cc(O)c(O)c3c2C2C1=CC(=O)C(O)(O)C2(O)O3. The van der Waals surface area contributed by atoms with Gasteiger partial charge in [0.05, 0.1) is 56.0 Å². The van der Waals surface area contributed by atoms with Crippen molar-refractivity contribution in [3.8, 4) is 183 Å². The lowest BCUT2D eigenvalue weighted by Gasteiger charge is -2.44. The van der Waals surface area contributed by atoms with Crippen LogP contribution in [-0.4, -0.2) is 295 Å². The second-order valence-electron chi connectivity index (χ2n) is 29.9. The number of aliphatic hydroxyl groups is 3.